The van der Waals surface area contributed by atoms with Crippen molar-refractivity contribution < 1.29 is 13.2 Å². The fourth-order valence-corrected chi connectivity index (χ4v) is 3.21. The Balaban J connectivity index is 2.34. The van der Waals surface area contributed by atoms with Crippen molar-refractivity contribution in [2.75, 3.05) is 0 Å². The van der Waals surface area contributed by atoms with Crippen LogP contribution in [0.15, 0.2) is 42.5 Å². The van der Waals surface area contributed by atoms with Crippen molar-refractivity contribution in [2.24, 2.45) is 0 Å². The zero-order valence-corrected chi connectivity index (χ0v) is 9.52. The molecule has 3 rings (SSSR count). The van der Waals surface area contributed by atoms with Gasteiger partial charge in [-0.2, -0.15) is 23.4 Å². The van der Waals surface area contributed by atoms with Gasteiger partial charge in [0.15, 0.2) is 0 Å². The predicted octanol–water partition coefficient (Wildman–Crippen LogP) is 5.31. The van der Waals surface area contributed by atoms with Crippen molar-refractivity contribution in [3.63, 3.8) is 0 Å². The third-order valence-corrected chi connectivity index (χ3v) is 4.00. The summed E-state index contributed by atoms with van der Waals surface area (Å²) < 4.78 is 37.7. The number of alkyl halides is 3. The Morgan fingerprint density at radius 3 is 2.29 bits per heavy atom. The number of halogens is 3. The summed E-state index contributed by atoms with van der Waals surface area (Å²) in [7, 11) is 0.859. The summed E-state index contributed by atoms with van der Waals surface area (Å²) in [5.74, 6) is 0. The summed E-state index contributed by atoms with van der Waals surface area (Å²) in [5, 5.41) is 3.76. The first-order valence-corrected chi connectivity index (χ1v) is 5.97. The highest BCUT2D eigenvalue weighted by molar-refractivity contribution is 7.43. The molecule has 4 heteroatoms. The second-order valence-corrected chi connectivity index (χ2v) is 5.05. The minimum atomic E-state index is -4.26. The molecule has 0 atom stereocenters. The van der Waals surface area contributed by atoms with Gasteiger partial charge in [0.2, 0.25) is 0 Å². The van der Waals surface area contributed by atoms with E-state index in [9.17, 15) is 13.2 Å². The maximum atomic E-state index is 12.6. The largest absolute Gasteiger partial charge is 0.514 e. The summed E-state index contributed by atoms with van der Waals surface area (Å²) in [6, 6.07) is 11.7. The molecule has 0 bridgehead atoms. The van der Waals surface area contributed by atoms with Crippen LogP contribution in [0.2, 0.25) is 0 Å². The summed E-state index contributed by atoms with van der Waals surface area (Å²) in [6.07, 6.45) is -4.26. The van der Waals surface area contributed by atoms with Crippen LogP contribution in [0.4, 0.5) is 13.2 Å². The van der Waals surface area contributed by atoms with Gasteiger partial charge in [-0.3, -0.25) is 0 Å². The molecule has 0 radical (unpaired) electrons. The molecule has 0 N–H and O–H groups in total. The quantitative estimate of drug-likeness (QED) is 0.507. The molecular formula is C13H7F3P-. The molecular weight excluding hydrogens is 244 g/mol. The van der Waals surface area contributed by atoms with Gasteiger partial charge in [-0.15, -0.1) is 0 Å². The summed E-state index contributed by atoms with van der Waals surface area (Å²) in [5.41, 5.74) is -0.573. The summed E-state index contributed by atoms with van der Waals surface area (Å²) >= 11 is 0. The van der Waals surface area contributed by atoms with Crippen LogP contribution in [0.3, 0.4) is 0 Å². The third-order valence-electron chi connectivity index (χ3n) is 2.76. The maximum Gasteiger partial charge on any atom is 0.416 e. The Morgan fingerprint density at radius 2 is 1.53 bits per heavy atom. The van der Waals surface area contributed by atoms with Crippen LogP contribution in [0.25, 0.3) is 21.0 Å². The van der Waals surface area contributed by atoms with Crippen molar-refractivity contribution in [3.8, 4) is 0 Å². The van der Waals surface area contributed by atoms with Crippen molar-refractivity contribution >= 4 is 29.2 Å². The van der Waals surface area contributed by atoms with Gasteiger partial charge in [0.05, 0.1) is 5.56 Å². The van der Waals surface area contributed by atoms with Crippen molar-refractivity contribution in [3.05, 3.63) is 48.0 Å². The average Bonchev–Trinajstić information content (AvgIpc) is 2.65. The molecule has 86 valence electrons. The molecule has 0 saturated carbocycles. The van der Waals surface area contributed by atoms with Crippen molar-refractivity contribution in [1.29, 1.82) is 0 Å². The van der Waals surface area contributed by atoms with E-state index in [1.165, 1.54) is 6.07 Å². The molecule has 0 spiro atoms. The van der Waals surface area contributed by atoms with Gasteiger partial charge in [-0.25, -0.2) is 0 Å². The molecule has 1 aromatic heterocycles. The monoisotopic (exact) mass is 251 g/mol. The van der Waals surface area contributed by atoms with Crippen LogP contribution in [0.5, 0.6) is 0 Å². The van der Waals surface area contributed by atoms with Crippen LogP contribution in [0, 0.1) is 0 Å². The van der Waals surface area contributed by atoms with E-state index < -0.39 is 11.7 Å². The van der Waals surface area contributed by atoms with Crippen LogP contribution in [0.1, 0.15) is 5.56 Å². The van der Waals surface area contributed by atoms with Crippen LogP contribution < -0.4 is 0 Å². The van der Waals surface area contributed by atoms with Crippen LogP contribution in [-0.4, -0.2) is 0 Å². The SMILES string of the molecule is FC(F)(F)c1ccc2c(c1)[p-]c1ccccc12. The predicted molar refractivity (Wildman–Crippen MR) is 64.6 cm³/mol. The lowest BCUT2D eigenvalue weighted by molar-refractivity contribution is -0.137. The standard InChI is InChI=1S/C13H7F3P/c14-13(15,16)8-5-6-10-9-3-1-2-4-11(9)17-12(10)7-8/h1-7H/q-1. The normalized spacial score (nSPS) is 12.9. The molecule has 0 fully saturated rings. The summed E-state index contributed by atoms with van der Waals surface area (Å²) in [6.45, 7) is 0. The smallest absolute Gasteiger partial charge is 0.416 e. The van der Waals surface area contributed by atoms with Gasteiger partial charge in [-0.1, -0.05) is 36.4 Å². The van der Waals surface area contributed by atoms with E-state index in [0.717, 1.165) is 35.3 Å². The molecule has 0 unspecified atom stereocenters. The molecule has 3 aromatic rings. The lowest BCUT2D eigenvalue weighted by atomic mass is 10.1. The van der Waals surface area contributed by atoms with Crippen molar-refractivity contribution in [1.82, 2.24) is 0 Å². The molecule has 0 aliphatic rings. The number of benzene rings is 2. The molecule has 0 aliphatic heterocycles. The molecule has 0 saturated heterocycles. The Kier molecular flexibility index (Phi) is 2.20. The minimum absolute atomic E-state index is 0.573. The molecule has 0 nitrogen and oxygen atoms in total. The number of hydrogen-bond acceptors (Lipinski definition) is 0. The maximum absolute atomic E-state index is 12.6. The Hall–Kier alpha value is -1.47. The molecule has 17 heavy (non-hydrogen) atoms. The number of rotatable bonds is 0. The van der Waals surface area contributed by atoms with Gasteiger partial charge in [0.1, 0.15) is 0 Å². The lowest BCUT2D eigenvalue weighted by Gasteiger charge is -2.08. The topological polar surface area (TPSA) is 0 Å². The second-order valence-electron chi connectivity index (χ2n) is 3.86. The number of fused-ring (bicyclic) bond motifs is 3. The zero-order chi connectivity index (χ0) is 12.0. The lowest BCUT2D eigenvalue weighted by Crippen LogP contribution is -2.03. The van der Waals surface area contributed by atoms with E-state index in [0.29, 0.717) is 0 Å². The van der Waals surface area contributed by atoms with Gasteiger partial charge in [-0.05, 0) is 16.8 Å². The summed E-state index contributed by atoms with van der Waals surface area (Å²) in [4.78, 5) is 0. The first-order valence-electron chi connectivity index (χ1n) is 5.08. The fourth-order valence-electron chi connectivity index (χ4n) is 1.96. The zero-order valence-electron chi connectivity index (χ0n) is 8.62. The number of hydrogen-bond donors (Lipinski definition) is 0. The van der Waals surface area contributed by atoms with E-state index in [1.54, 1.807) is 6.07 Å². The first-order chi connectivity index (χ1) is 8.05. The van der Waals surface area contributed by atoms with E-state index in [-0.39, 0.29) is 0 Å². The van der Waals surface area contributed by atoms with Crippen molar-refractivity contribution in [2.45, 2.75) is 6.18 Å². The molecule has 0 amide bonds. The van der Waals surface area contributed by atoms with Gasteiger partial charge >= 0.3 is 6.18 Å². The first kappa shape index (κ1) is 10.7. The molecule has 0 aliphatic carbocycles. The van der Waals surface area contributed by atoms with E-state index in [2.05, 4.69) is 0 Å². The van der Waals surface area contributed by atoms with Crippen LogP contribution in [-0.2, 0) is 6.18 Å². The second kappa shape index (κ2) is 3.51. The fraction of sp³-hybridized carbons (Fsp3) is 0.0769. The van der Waals surface area contributed by atoms with E-state index >= 15 is 0 Å². The Bertz CT molecular complexity index is 695. The highest BCUT2D eigenvalue weighted by Crippen LogP contribution is 2.40. The minimum Gasteiger partial charge on any atom is -0.514 e. The van der Waals surface area contributed by atoms with E-state index in [1.807, 2.05) is 24.3 Å². The Labute approximate surface area is 97.1 Å². The van der Waals surface area contributed by atoms with Crippen LogP contribution >= 0.6 is 8.19 Å². The van der Waals surface area contributed by atoms with Gasteiger partial charge in [0, 0.05) is 0 Å². The highest BCUT2D eigenvalue weighted by Gasteiger charge is 2.29. The van der Waals surface area contributed by atoms with Gasteiger partial charge in [0.25, 0.3) is 0 Å². The molecule has 1 heterocycles. The highest BCUT2D eigenvalue weighted by atomic mass is 31.0. The average molecular weight is 251 g/mol. The third kappa shape index (κ3) is 1.71. The van der Waals surface area contributed by atoms with Gasteiger partial charge < -0.3 is 8.19 Å². The van der Waals surface area contributed by atoms with E-state index in [4.69, 9.17) is 0 Å². The Morgan fingerprint density at radius 1 is 0.824 bits per heavy atom. The molecule has 2 aromatic carbocycles.